The smallest absolute Gasteiger partial charge is 0.00498 e. The summed E-state index contributed by atoms with van der Waals surface area (Å²) in [6.45, 7) is 13.0. The van der Waals surface area contributed by atoms with E-state index in [0.717, 1.165) is 0 Å². The second-order valence-electron chi connectivity index (χ2n) is 4.60. The van der Waals surface area contributed by atoms with E-state index in [-0.39, 0.29) is 0 Å². The molecular weight excluding hydrogens is 172 g/mol. The average molecular weight is 198 g/mol. The van der Waals surface area contributed by atoms with Crippen molar-refractivity contribution in [2.24, 2.45) is 5.41 Å². The number of nitrogens with one attached hydrogen (secondary N) is 1. The van der Waals surface area contributed by atoms with Crippen LogP contribution in [0.1, 0.15) is 40.0 Å². The number of hydrogen-bond donors (Lipinski definition) is 1. The van der Waals surface area contributed by atoms with Crippen molar-refractivity contribution in [1.82, 2.24) is 10.2 Å². The molecule has 0 saturated carbocycles. The zero-order valence-corrected chi connectivity index (χ0v) is 10.1. The van der Waals surface area contributed by atoms with Gasteiger partial charge in [-0.1, -0.05) is 20.8 Å². The van der Waals surface area contributed by atoms with Crippen molar-refractivity contribution < 1.29 is 0 Å². The van der Waals surface area contributed by atoms with Crippen LogP contribution in [0.2, 0.25) is 0 Å². The molecule has 14 heavy (non-hydrogen) atoms. The molecule has 1 atom stereocenters. The molecule has 1 fully saturated rings. The van der Waals surface area contributed by atoms with Crippen LogP contribution in [0.5, 0.6) is 0 Å². The van der Waals surface area contributed by atoms with E-state index >= 15 is 0 Å². The first-order chi connectivity index (χ1) is 6.76. The Hall–Kier alpha value is -0.0800. The lowest BCUT2D eigenvalue weighted by Gasteiger charge is -2.40. The summed E-state index contributed by atoms with van der Waals surface area (Å²) >= 11 is 0. The summed E-state index contributed by atoms with van der Waals surface area (Å²) in [6.07, 6.45) is 4.08. The second kappa shape index (κ2) is 5.72. The highest BCUT2D eigenvalue weighted by molar-refractivity contribution is 4.86. The van der Waals surface area contributed by atoms with Gasteiger partial charge in [-0.3, -0.25) is 0 Å². The second-order valence-corrected chi connectivity index (χ2v) is 4.60. The molecule has 2 nitrogen and oxygen atoms in total. The van der Waals surface area contributed by atoms with Gasteiger partial charge in [0, 0.05) is 13.1 Å². The predicted octanol–water partition coefficient (Wildman–Crippen LogP) is 2.11. The minimum absolute atomic E-state index is 0.560. The molecule has 0 aliphatic carbocycles. The van der Waals surface area contributed by atoms with E-state index in [2.05, 4.69) is 31.0 Å². The zero-order valence-electron chi connectivity index (χ0n) is 10.1. The first-order valence-corrected chi connectivity index (χ1v) is 6.19. The van der Waals surface area contributed by atoms with Gasteiger partial charge in [0.2, 0.25) is 0 Å². The molecule has 0 spiro atoms. The third-order valence-electron chi connectivity index (χ3n) is 3.76. The van der Waals surface area contributed by atoms with Crippen molar-refractivity contribution in [3.05, 3.63) is 0 Å². The number of rotatable bonds is 5. The molecule has 1 N–H and O–H groups in total. The van der Waals surface area contributed by atoms with E-state index in [0.29, 0.717) is 5.41 Å². The maximum atomic E-state index is 3.55. The number of nitrogens with zero attached hydrogens (tertiary/aromatic N) is 1. The van der Waals surface area contributed by atoms with Crippen LogP contribution >= 0.6 is 0 Å². The predicted molar refractivity (Wildman–Crippen MR) is 62.6 cm³/mol. The molecule has 1 aliphatic rings. The van der Waals surface area contributed by atoms with Crippen LogP contribution in [-0.2, 0) is 0 Å². The molecule has 1 heterocycles. The first kappa shape index (κ1) is 12.0. The van der Waals surface area contributed by atoms with Gasteiger partial charge in [0.1, 0.15) is 0 Å². The monoisotopic (exact) mass is 198 g/mol. The summed E-state index contributed by atoms with van der Waals surface area (Å²) in [5.41, 5.74) is 0.560. The largest absolute Gasteiger partial charge is 0.316 e. The van der Waals surface area contributed by atoms with Crippen molar-refractivity contribution >= 4 is 0 Å². The standard InChI is InChI=1S/C12H26N2/c1-4-12(8-7-9-13-10-12)11-14(5-2)6-3/h13H,4-11H2,1-3H3. The van der Waals surface area contributed by atoms with E-state index in [4.69, 9.17) is 0 Å². The lowest BCUT2D eigenvalue weighted by Crippen LogP contribution is -2.47. The quantitative estimate of drug-likeness (QED) is 0.728. The molecule has 0 bridgehead atoms. The molecule has 0 aromatic carbocycles. The van der Waals surface area contributed by atoms with E-state index in [1.54, 1.807) is 0 Å². The summed E-state index contributed by atoms with van der Waals surface area (Å²) in [5, 5.41) is 3.55. The summed E-state index contributed by atoms with van der Waals surface area (Å²) < 4.78 is 0. The van der Waals surface area contributed by atoms with Crippen molar-refractivity contribution in [2.75, 3.05) is 32.7 Å². The summed E-state index contributed by atoms with van der Waals surface area (Å²) in [6, 6.07) is 0. The van der Waals surface area contributed by atoms with Crippen LogP contribution in [0, 0.1) is 5.41 Å². The normalized spacial score (nSPS) is 28.3. The average Bonchev–Trinajstić information content (AvgIpc) is 2.27. The molecular formula is C12H26N2. The van der Waals surface area contributed by atoms with Gasteiger partial charge in [-0.2, -0.15) is 0 Å². The summed E-state index contributed by atoms with van der Waals surface area (Å²) in [4.78, 5) is 2.57. The van der Waals surface area contributed by atoms with E-state index in [1.807, 2.05) is 0 Å². The Morgan fingerprint density at radius 1 is 1.21 bits per heavy atom. The molecule has 0 radical (unpaired) electrons. The molecule has 1 unspecified atom stereocenters. The van der Waals surface area contributed by atoms with Crippen LogP contribution in [-0.4, -0.2) is 37.6 Å². The maximum Gasteiger partial charge on any atom is 0.00498 e. The fourth-order valence-electron chi connectivity index (χ4n) is 2.50. The van der Waals surface area contributed by atoms with E-state index in [1.165, 1.54) is 52.0 Å². The number of hydrogen-bond acceptors (Lipinski definition) is 2. The minimum Gasteiger partial charge on any atom is -0.316 e. The molecule has 1 rings (SSSR count). The highest BCUT2D eigenvalue weighted by Crippen LogP contribution is 2.30. The fourth-order valence-corrected chi connectivity index (χ4v) is 2.50. The van der Waals surface area contributed by atoms with Gasteiger partial charge in [0.15, 0.2) is 0 Å². The Morgan fingerprint density at radius 2 is 1.93 bits per heavy atom. The first-order valence-electron chi connectivity index (χ1n) is 6.19. The lowest BCUT2D eigenvalue weighted by atomic mass is 9.78. The van der Waals surface area contributed by atoms with Crippen LogP contribution in [0.3, 0.4) is 0 Å². The Bertz CT molecular complexity index is 146. The van der Waals surface area contributed by atoms with Crippen molar-refractivity contribution in [3.63, 3.8) is 0 Å². The van der Waals surface area contributed by atoms with Crippen molar-refractivity contribution in [2.45, 2.75) is 40.0 Å². The van der Waals surface area contributed by atoms with Gasteiger partial charge in [-0.15, -0.1) is 0 Å². The summed E-state index contributed by atoms with van der Waals surface area (Å²) in [7, 11) is 0. The zero-order chi connectivity index (χ0) is 10.4. The van der Waals surface area contributed by atoms with Crippen LogP contribution < -0.4 is 5.32 Å². The molecule has 1 saturated heterocycles. The Labute approximate surface area is 89.1 Å². The molecule has 0 aromatic heterocycles. The molecule has 1 aliphatic heterocycles. The Morgan fingerprint density at radius 3 is 2.36 bits per heavy atom. The third kappa shape index (κ3) is 2.96. The van der Waals surface area contributed by atoms with Crippen LogP contribution in [0.4, 0.5) is 0 Å². The highest BCUT2D eigenvalue weighted by atomic mass is 15.1. The number of piperidine rings is 1. The maximum absolute atomic E-state index is 3.55. The van der Waals surface area contributed by atoms with Gasteiger partial charge in [0.25, 0.3) is 0 Å². The molecule has 0 aromatic rings. The lowest BCUT2D eigenvalue weighted by molar-refractivity contribution is 0.119. The third-order valence-corrected chi connectivity index (χ3v) is 3.76. The molecule has 2 heteroatoms. The molecule has 84 valence electrons. The fraction of sp³-hybridized carbons (Fsp3) is 1.00. The molecule has 0 amide bonds. The van der Waals surface area contributed by atoms with E-state index in [9.17, 15) is 0 Å². The highest BCUT2D eigenvalue weighted by Gasteiger charge is 2.31. The van der Waals surface area contributed by atoms with Crippen LogP contribution in [0.15, 0.2) is 0 Å². The van der Waals surface area contributed by atoms with E-state index < -0.39 is 0 Å². The van der Waals surface area contributed by atoms with Gasteiger partial charge >= 0.3 is 0 Å². The summed E-state index contributed by atoms with van der Waals surface area (Å²) in [5.74, 6) is 0. The van der Waals surface area contributed by atoms with Crippen molar-refractivity contribution in [1.29, 1.82) is 0 Å². The minimum atomic E-state index is 0.560. The Kier molecular flexibility index (Phi) is 4.90. The van der Waals surface area contributed by atoms with Gasteiger partial charge in [-0.25, -0.2) is 0 Å². The topological polar surface area (TPSA) is 15.3 Å². The SMILES string of the molecule is CCN(CC)CC1(CC)CCCNC1. The van der Waals surface area contributed by atoms with Crippen molar-refractivity contribution in [3.8, 4) is 0 Å². The van der Waals surface area contributed by atoms with Gasteiger partial charge in [0.05, 0.1) is 0 Å². The van der Waals surface area contributed by atoms with Gasteiger partial charge in [-0.05, 0) is 44.3 Å². The van der Waals surface area contributed by atoms with Crippen LogP contribution in [0.25, 0.3) is 0 Å². The Balaban J connectivity index is 2.50. The van der Waals surface area contributed by atoms with Gasteiger partial charge < -0.3 is 10.2 Å².